The second-order valence-electron chi connectivity index (χ2n) is 6.86. The second-order valence-corrected chi connectivity index (χ2v) is 6.86. The molecule has 4 rings (SSSR count). The number of nitrogens with two attached hydrogens (primary N) is 1. The van der Waals surface area contributed by atoms with Crippen LogP contribution in [-0.2, 0) is 17.8 Å². The number of primary amides is 1. The highest BCUT2D eigenvalue weighted by Crippen LogP contribution is 2.13. The first kappa shape index (κ1) is 19.1. The number of aromatic nitrogens is 3. The molecule has 8 nitrogen and oxygen atoms in total. The summed E-state index contributed by atoms with van der Waals surface area (Å²) in [4.78, 5) is 35.9. The molecule has 0 saturated carbocycles. The fraction of sp³-hybridized carbons (Fsp3) is 0.0909. The van der Waals surface area contributed by atoms with E-state index >= 15 is 0 Å². The zero-order valence-corrected chi connectivity index (χ0v) is 16.0. The summed E-state index contributed by atoms with van der Waals surface area (Å²) in [5.74, 6) is -0.698. The van der Waals surface area contributed by atoms with Gasteiger partial charge in [-0.3, -0.25) is 14.0 Å². The lowest BCUT2D eigenvalue weighted by Gasteiger charge is -2.08. The van der Waals surface area contributed by atoms with Crippen LogP contribution in [0.1, 0.15) is 21.5 Å². The lowest BCUT2D eigenvalue weighted by atomic mass is 10.1. The number of carbonyl (C=O) groups excluding carboxylic acids is 2. The molecule has 8 heteroatoms. The van der Waals surface area contributed by atoms with Crippen molar-refractivity contribution >= 4 is 23.1 Å². The van der Waals surface area contributed by atoms with Gasteiger partial charge in [-0.05, 0) is 47.5 Å². The quantitative estimate of drug-likeness (QED) is 0.513. The normalized spacial score (nSPS) is 10.8. The first-order chi connectivity index (χ1) is 14.5. The van der Waals surface area contributed by atoms with Crippen molar-refractivity contribution in [2.75, 3.05) is 5.32 Å². The largest absolute Gasteiger partial charge is 0.366 e. The Kier molecular flexibility index (Phi) is 5.13. The number of pyridine rings is 1. The fourth-order valence-corrected chi connectivity index (χ4v) is 3.17. The van der Waals surface area contributed by atoms with Gasteiger partial charge in [0.15, 0.2) is 5.65 Å². The summed E-state index contributed by atoms with van der Waals surface area (Å²) in [5, 5.41) is 7.17. The van der Waals surface area contributed by atoms with Gasteiger partial charge in [-0.15, -0.1) is 5.10 Å². The SMILES string of the molecule is NC(=O)c1ccc(CC(=O)Nc2cccc(Cn3nc4ccccn4c3=O)c2)cc1. The maximum Gasteiger partial charge on any atom is 0.350 e. The number of nitrogens with zero attached hydrogens (tertiary/aromatic N) is 3. The minimum atomic E-state index is -0.507. The summed E-state index contributed by atoms with van der Waals surface area (Å²) in [6, 6.07) is 19.2. The minimum Gasteiger partial charge on any atom is -0.366 e. The first-order valence-corrected chi connectivity index (χ1v) is 9.31. The maximum atomic E-state index is 12.4. The third-order valence-electron chi connectivity index (χ3n) is 4.63. The van der Waals surface area contributed by atoms with E-state index in [0.717, 1.165) is 11.1 Å². The number of rotatable bonds is 6. The lowest BCUT2D eigenvalue weighted by molar-refractivity contribution is -0.115. The van der Waals surface area contributed by atoms with E-state index in [1.165, 1.54) is 9.08 Å². The van der Waals surface area contributed by atoms with Crippen LogP contribution >= 0.6 is 0 Å². The summed E-state index contributed by atoms with van der Waals surface area (Å²) in [7, 11) is 0. The Labute approximate surface area is 171 Å². The summed E-state index contributed by atoms with van der Waals surface area (Å²) in [5.41, 5.74) is 8.21. The lowest BCUT2D eigenvalue weighted by Crippen LogP contribution is -2.21. The first-order valence-electron chi connectivity index (χ1n) is 9.31. The zero-order chi connectivity index (χ0) is 21.1. The number of fused-ring (bicyclic) bond motifs is 1. The molecule has 2 aromatic carbocycles. The molecule has 0 aliphatic rings. The predicted molar refractivity (Wildman–Crippen MR) is 112 cm³/mol. The van der Waals surface area contributed by atoms with Gasteiger partial charge in [0.1, 0.15) is 0 Å². The second kappa shape index (κ2) is 8.04. The number of hydrogen-bond acceptors (Lipinski definition) is 4. The molecule has 0 radical (unpaired) electrons. The average molecular weight is 401 g/mol. The maximum absolute atomic E-state index is 12.4. The smallest absolute Gasteiger partial charge is 0.350 e. The number of hydrogen-bond donors (Lipinski definition) is 2. The van der Waals surface area contributed by atoms with Gasteiger partial charge in [-0.25, -0.2) is 9.48 Å². The molecule has 0 aliphatic heterocycles. The van der Waals surface area contributed by atoms with E-state index in [4.69, 9.17) is 5.73 Å². The molecule has 0 spiro atoms. The highest BCUT2D eigenvalue weighted by atomic mass is 16.2. The van der Waals surface area contributed by atoms with Crippen LogP contribution in [0.3, 0.4) is 0 Å². The average Bonchev–Trinajstić information content (AvgIpc) is 3.04. The van der Waals surface area contributed by atoms with Crippen LogP contribution in [0.5, 0.6) is 0 Å². The highest BCUT2D eigenvalue weighted by molar-refractivity contribution is 5.94. The van der Waals surface area contributed by atoms with Gasteiger partial charge in [0.25, 0.3) is 0 Å². The number of carbonyl (C=O) groups is 2. The molecule has 30 heavy (non-hydrogen) atoms. The van der Waals surface area contributed by atoms with Crippen LogP contribution in [0.2, 0.25) is 0 Å². The van der Waals surface area contributed by atoms with Crippen molar-refractivity contribution in [2.24, 2.45) is 5.73 Å². The summed E-state index contributed by atoms with van der Waals surface area (Å²) in [6.07, 6.45) is 1.84. The van der Waals surface area contributed by atoms with Gasteiger partial charge in [0, 0.05) is 17.4 Å². The van der Waals surface area contributed by atoms with E-state index < -0.39 is 5.91 Å². The van der Waals surface area contributed by atoms with Crippen molar-refractivity contribution in [1.82, 2.24) is 14.2 Å². The van der Waals surface area contributed by atoms with E-state index in [1.54, 1.807) is 48.7 Å². The Bertz CT molecular complexity index is 1290. The third-order valence-corrected chi connectivity index (χ3v) is 4.63. The van der Waals surface area contributed by atoms with Gasteiger partial charge < -0.3 is 11.1 Å². The Morgan fingerprint density at radius 2 is 1.77 bits per heavy atom. The van der Waals surface area contributed by atoms with E-state index in [0.29, 0.717) is 23.4 Å². The van der Waals surface area contributed by atoms with E-state index in [2.05, 4.69) is 10.4 Å². The number of amides is 2. The molecule has 3 N–H and O–H groups in total. The Balaban J connectivity index is 1.45. The summed E-state index contributed by atoms with van der Waals surface area (Å²) >= 11 is 0. The van der Waals surface area contributed by atoms with E-state index in [1.807, 2.05) is 24.3 Å². The molecule has 0 bridgehead atoms. The number of nitrogens with one attached hydrogen (secondary N) is 1. The minimum absolute atomic E-state index is 0.162. The van der Waals surface area contributed by atoms with Gasteiger partial charge in [-0.2, -0.15) is 0 Å². The zero-order valence-electron chi connectivity index (χ0n) is 16.0. The number of anilines is 1. The molecule has 0 aliphatic carbocycles. The molecule has 2 aromatic heterocycles. The number of benzene rings is 2. The molecule has 0 fully saturated rings. The molecular weight excluding hydrogens is 382 g/mol. The monoisotopic (exact) mass is 401 g/mol. The summed E-state index contributed by atoms with van der Waals surface area (Å²) < 4.78 is 2.87. The van der Waals surface area contributed by atoms with Gasteiger partial charge in [0.05, 0.1) is 13.0 Å². The van der Waals surface area contributed by atoms with Crippen LogP contribution < -0.4 is 16.7 Å². The Morgan fingerprint density at radius 1 is 0.967 bits per heavy atom. The van der Waals surface area contributed by atoms with Gasteiger partial charge in [-0.1, -0.05) is 30.3 Å². The molecule has 2 amide bonds. The molecule has 0 atom stereocenters. The van der Waals surface area contributed by atoms with Gasteiger partial charge >= 0.3 is 5.69 Å². The molecule has 0 saturated heterocycles. The van der Waals surface area contributed by atoms with Crippen LogP contribution in [-0.4, -0.2) is 26.0 Å². The van der Waals surface area contributed by atoms with Crippen molar-refractivity contribution in [1.29, 1.82) is 0 Å². The van der Waals surface area contributed by atoms with E-state index in [9.17, 15) is 14.4 Å². The summed E-state index contributed by atoms with van der Waals surface area (Å²) in [6.45, 7) is 0.290. The molecular formula is C22H19N5O3. The van der Waals surface area contributed by atoms with Crippen LogP contribution in [0.4, 0.5) is 5.69 Å². The Morgan fingerprint density at radius 3 is 2.50 bits per heavy atom. The topological polar surface area (TPSA) is 111 Å². The van der Waals surface area contributed by atoms with E-state index in [-0.39, 0.29) is 18.0 Å². The van der Waals surface area contributed by atoms with Crippen LogP contribution in [0.15, 0.2) is 77.7 Å². The van der Waals surface area contributed by atoms with Crippen molar-refractivity contribution in [2.45, 2.75) is 13.0 Å². The van der Waals surface area contributed by atoms with Crippen LogP contribution in [0, 0.1) is 0 Å². The van der Waals surface area contributed by atoms with Crippen LogP contribution in [0.25, 0.3) is 5.65 Å². The van der Waals surface area contributed by atoms with Crippen molar-refractivity contribution in [3.8, 4) is 0 Å². The van der Waals surface area contributed by atoms with Crippen molar-refractivity contribution < 1.29 is 9.59 Å². The molecule has 150 valence electrons. The van der Waals surface area contributed by atoms with Crippen molar-refractivity contribution in [3.05, 3.63) is 100 Å². The van der Waals surface area contributed by atoms with Crippen molar-refractivity contribution in [3.63, 3.8) is 0 Å². The predicted octanol–water partition coefficient (Wildman–Crippen LogP) is 1.82. The highest BCUT2D eigenvalue weighted by Gasteiger charge is 2.09. The fourth-order valence-electron chi connectivity index (χ4n) is 3.17. The molecule has 0 unspecified atom stereocenters. The molecule has 2 heterocycles. The molecule has 4 aromatic rings. The standard InChI is InChI=1S/C22H19N5O3/c23-21(29)17-9-7-15(8-10-17)13-20(28)24-18-5-3-4-16(12-18)14-27-22(30)26-11-2-1-6-19(26)25-27/h1-12H,13-14H2,(H2,23,29)(H,24,28). The Hall–Kier alpha value is -4.20. The third kappa shape index (κ3) is 4.12. The van der Waals surface area contributed by atoms with Gasteiger partial charge in [0.2, 0.25) is 11.8 Å².